The van der Waals surface area contributed by atoms with Crippen LogP contribution in [0.15, 0.2) is 22.7 Å². The van der Waals surface area contributed by atoms with Crippen molar-refractivity contribution >= 4 is 21.9 Å². The van der Waals surface area contributed by atoms with Crippen molar-refractivity contribution in [3.8, 4) is 11.5 Å². The molecule has 0 saturated carbocycles. The van der Waals surface area contributed by atoms with Crippen LogP contribution in [0.2, 0.25) is 0 Å². The van der Waals surface area contributed by atoms with E-state index >= 15 is 0 Å². The Bertz CT molecular complexity index is 443. The number of rotatable bonds is 7. The number of aliphatic carboxylic acids is 1. The molecule has 0 amide bonds. The van der Waals surface area contributed by atoms with Gasteiger partial charge in [-0.15, -0.1) is 0 Å². The SMILES string of the molecule is COc1ccc(OCCCC(C)(C)C(=O)O)c(Br)c1. The van der Waals surface area contributed by atoms with E-state index in [-0.39, 0.29) is 0 Å². The second kappa shape index (κ2) is 6.80. The zero-order chi connectivity index (χ0) is 14.5. The average molecular weight is 331 g/mol. The van der Waals surface area contributed by atoms with Crippen LogP contribution in [0.1, 0.15) is 26.7 Å². The number of benzene rings is 1. The van der Waals surface area contributed by atoms with Crippen LogP contribution in [0.3, 0.4) is 0 Å². The van der Waals surface area contributed by atoms with Crippen LogP contribution in [0, 0.1) is 5.41 Å². The molecule has 106 valence electrons. The molecule has 0 aliphatic carbocycles. The lowest BCUT2D eigenvalue weighted by Crippen LogP contribution is -2.24. The maximum absolute atomic E-state index is 10.9. The Morgan fingerprint density at radius 3 is 2.63 bits per heavy atom. The van der Waals surface area contributed by atoms with E-state index < -0.39 is 11.4 Å². The first kappa shape index (κ1) is 15.8. The van der Waals surface area contributed by atoms with Crippen molar-refractivity contribution in [2.24, 2.45) is 5.41 Å². The molecule has 5 heteroatoms. The number of hydrogen-bond acceptors (Lipinski definition) is 3. The van der Waals surface area contributed by atoms with Gasteiger partial charge in [0.2, 0.25) is 0 Å². The zero-order valence-corrected chi connectivity index (χ0v) is 13.0. The number of carbonyl (C=O) groups is 1. The summed E-state index contributed by atoms with van der Waals surface area (Å²) in [6, 6.07) is 5.48. The van der Waals surface area contributed by atoms with Gasteiger partial charge in [0.1, 0.15) is 11.5 Å². The molecule has 4 nitrogen and oxygen atoms in total. The number of hydrogen-bond donors (Lipinski definition) is 1. The van der Waals surface area contributed by atoms with Crippen LogP contribution in [0.5, 0.6) is 11.5 Å². The molecule has 19 heavy (non-hydrogen) atoms. The fraction of sp³-hybridized carbons (Fsp3) is 0.500. The van der Waals surface area contributed by atoms with Crippen LogP contribution in [0.4, 0.5) is 0 Å². The molecule has 0 saturated heterocycles. The van der Waals surface area contributed by atoms with Crippen molar-refractivity contribution in [1.29, 1.82) is 0 Å². The molecule has 0 aliphatic rings. The normalized spacial score (nSPS) is 11.2. The van der Waals surface area contributed by atoms with Gasteiger partial charge in [0.05, 0.1) is 23.6 Å². The van der Waals surface area contributed by atoms with Crippen molar-refractivity contribution in [2.45, 2.75) is 26.7 Å². The van der Waals surface area contributed by atoms with E-state index in [0.717, 1.165) is 16.0 Å². The summed E-state index contributed by atoms with van der Waals surface area (Å²) in [4.78, 5) is 10.9. The lowest BCUT2D eigenvalue weighted by molar-refractivity contribution is -0.147. The fourth-order valence-electron chi connectivity index (χ4n) is 1.53. The van der Waals surface area contributed by atoms with Gasteiger partial charge in [-0.25, -0.2) is 0 Å². The Balaban J connectivity index is 2.44. The van der Waals surface area contributed by atoms with Gasteiger partial charge in [-0.1, -0.05) is 0 Å². The van der Waals surface area contributed by atoms with Gasteiger partial charge >= 0.3 is 5.97 Å². The maximum Gasteiger partial charge on any atom is 0.309 e. The number of ether oxygens (including phenoxy) is 2. The predicted octanol–water partition coefficient (Wildman–Crippen LogP) is 3.73. The van der Waals surface area contributed by atoms with Gasteiger partial charge in [0.25, 0.3) is 0 Å². The van der Waals surface area contributed by atoms with E-state index in [0.29, 0.717) is 19.4 Å². The molecule has 0 fully saturated rings. The summed E-state index contributed by atoms with van der Waals surface area (Å²) in [5.41, 5.74) is -0.708. The first-order valence-corrected chi connectivity index (χ1v) is 6.86. The van der Waals surface area contributed by atoms with Crippen LogP contribution >= 0.6 is 15.9 Å². The lowest BCUT2D eigenvalue weighted by Gasteiger charge is -2.18. The molecule has 0 unspecified atom stereocenters. The number of carboxylic acids is 1. The summed E-state index contributed by atoms with van der Waals surface area (Å²) in [7, 11) is 1.61. The monoisotopic (exact) mass is 330 g/mol. The minimum atomic E-state index is -0.780. The highest BCUT2D eigenvalue weighted by Crippen LogP contribution is 2.29. The first-order valence-electron chi connectivity index (χ1n) is 6.06. The van der Waals surface area contributed by atoms with Gasteiger partial charge in [0, 0.05) is 0 Å². The standard InChI is InChI=1S/C14H19BrO4/c1-14(2,13(16)17)7-4-8-19-12-6-5-10(18-3)9-11(12)15/h5-6,9H,4,7-8H2,1-3H3,(H,16,17). The van der Waals surface area contributed by atoms with Crippen LogP contribution < -0.4 is 9.47 Å². The van der Waals surface area contributed by atoms with E-state index in [1.54, 1.807) is 21.0 Å². The zero-order valence-electron chi connectivity index (χ0n) is 11.4. The fourth-order valence-corrected chi connectivity index (χ4v) is 2.00. The molecule has 1 N–H and O–H groups in total. The van der Waals surface area contributed by atoms with E-state index in [4.69, 9.17) is 14.6 Å². The third-order valence-electron chi connectivity index (χ3n) is 2.92. The molecule has 0 spiro atoms. The van der Waals surface area contributed by atoms with E-state index in [1.165, 1.54) is 0 Å². The molecular weight excluding hydrogens is 312 g/mol. The molecule has 0 aromatic heterocycles. The summed E-state index contributed by atoms with van der Waals surface area (Å²) in [6.07, 6.45) is 1.27. The van der Waals surface area contributed by atoms with Crippen molar-refractivity contribution in [3.63, 3.8) is 0 Å². The molecule has 0 heterocycles. The Morgan fingerprint density at radius 2 is 2.11 bits per heavy atom. The Morgan fingerprint density at radius 1 is 1.42 bits per heavy atom. The van der Waals surface area contributed by atoms with Crippen LogP contribution in [0.25, 0.3) is 0 Å². The van der Waals surface area contributed by atoms with Crippen LogP contribution in [-0.4, -0.2) is 24.8 Å². The van der Waals surface area contributed by atoms with E-state index in [1.807, 2.05) is 18.2 Å². The second-order valence-corrected chi connectivity index (χ2v) is 5.79. The van der Waals surface area contributed by atoms with Crippen LogP contribution in [-0.2, 0) is 4.79 Å². The predicted molar refractivity (Wildman–Crippen MR) is 76.8 cm³/mol. The molecule has 0 bridgehead atoms. The van der Waals surface area contributed by atoms with Crippen molar-refractivity contribution in [2.75, 3.05) is 13.7 Å². The quantitative estimate of drug-likeness (QED) is 0.774. The van der Waals surface area contributed by atoms with Crippen molar-refractivity contribution in [3.05, 3.63) is 22.7 Å². The second-order valence-electron chi connectivity index (χ2n) is 4.94. The topological polar surface area (TPSA) is 55.8 Å². The van der Waals surface area contributed by atoms with Gasteiger partial charge in [-0.2, -0.15) is 0 Å². The third-order valence-corrected chi connectivity index (χ3v) is 3.54. The van der Waals surface area contributed by atoms with Gasteiger partial charge in [-0.05, 0) is 60.8 Å². The Kier molecular flexibility index (Phi) is 5.66. The Labute approximate surface area is 121 Å². The van der Waals surface area contributed by atoms with Crippen molar-refractivity contribution in [1.82, 2.24) is 0 Å². The van der Waals surface area contributed by atoms with Gasteiger partial charge < -0.3 is 14.6 Å². The number of halogens is 1. The third kappa shape index (κ3) is 4.74. The van der Waals surface area contributed by atoms with E-state index in [2.05, 4.69) is 15.9 Å². The first-order chi connectivity index (χ1) is 8.86. The molecule has 1 aromatic carbocycles. The summed E-state index contributed by atoms with van der Waals surface area (Å²) in [5, 5.41) is 9.00. The van der Waals surface area contributed by atoms with Gasteiger partial charge in [0.15, 0.2) is 0 Å². The summed E-state index contributed by atoms with van der Waals surface area (Å²) < 4.78 is 11.5. The molecule has 0 atom stereocenters. The largest absolute Gasteiger partial charge is 0.497 e. The smallest absolute Gasteiger partial charge is 0.309 e. The molecule has 0 aliphatic heterocycles. The van der Waals surface area contributed by atoms with Gasteiger partial charge in [-0.3, -0.25) is 4.79 Å². The number of carboxylic acid groups (broad SMARTS) is 1. The molecule has 1 aromatic rings. The summed E-state index contributed by atoms with van der Waals surface area (Å²) in [5.74, 6) is 0.707. The van der Waals surface area contributed by atoms with E-state index in [9.17, 15) is 4.79 Å². The summed E-state index contributed by atoms with van der Waals surface area (Å²) in [6.45, 7) is 3.93. The lowest BCUT2D eigenvalue weighted by atomic mass is 9.88. The summed E-state index contributed by atoms with van der Waals surface area (Å²) >= 11 is 3.40. The molecule has 1 rings (SSSR count). The minimum absolute atomic E-state index is 0.488. The highest BCUT2D eigenvalue weighted by molar-refractivity contribution is 9.10. The Hall–Kier alpha value is -1.23. The number of methoxy groups -OCH3 is 1. The minimum Gasteiger partial charge on any atom is -0.497 e. The highest BCUT2D eigenvalue weighted by atomic mass is 79.9. The molecule has 0 radical (unpaired) electrons. The maximum atomic E-state index is 10.9. The van der Waals surface area contributed by atoms with Crippen molar-refractivity contribution < 1.29 is 19.4 Å². The average Bonchev–Trinajstić information content (AvgIpc) is 2.35. The highest BCUT2D eigenvalue weighted by Gasteiger charge is 2.26. The molecular formula is C14H19BrO4.